The van der Waals surface area contributed by atoms with Gasteiger partial charge in [0.25, 0.3) is 5.91 Å². The van der Waals surface area contributed by atoms with Crippen LogP contribution < -0.4 is 5.73 Å². The number of hydrogen-bond donors (Lipinski definition) is 1. The first-order chi connectivity index (χ1) is 10.7. The largest absolute Gasteiger partial charge is 0.382 e. The van der Waals surface area contributed by atoms with E-state index in [0.29, 0.717) is 11.7 Å². The maximum absolute atomic E-state index is 12.4. The van der Waals surface area contributed by atoms with Crippen molar-refractivity contribution in [3.05, 3.63) is 24.4 Å². The summed E-state index contributed by atoms with van der Waals surface area (Å²) >= 11 is 0. The highest BCUT2D eigenvalue weighted by Gasteiger charge is 2.32. The van der Waals surface area contributed by atoms with Gasteiger partial charge in [-0.3, -0.25) is 9.20 Å². The maximum atomic E-state index is 12.4. The van der Waals surface area contributed by atoms with Crippen LogP contribution in [0.1, 0.15) is 37.5 Å². The molecule has 6 nitrogen and oxygen atoms in total. The van der Waals surface area contributed by atoms with Crippen molar-refractivity contribution >= 4 is 17.2 Å². The van der Waals surface area contributed by atoms with Crippen LogP contribution in [-0.2, 0) is 4.79 Å². The van der Waals surface area contributed by atoms with Gasteiger partial charge >= 0.3 is 0 Å². The van der Waals surface area contributed by atoms with Gasteiger partial charge in [-0.2, -0.15) is 0 Å². The van der Waals surface area contributed by atoms with Crippen molar-refractivity contribution in [2.75, 3.05) is 12.3 Å². The Hall–Kier alpha value is -2.55. The third-order valence-electron chi connectivity index (χ3n) is 4.29. The molecule has 0 bridgehead atoms. The van der Waals surface area contributed by atoms with Gasteiger partial charge in [-0.25, -0.2) is 9.97 Å². The van der Waals surface area contributed by atoms with Crippen molar-refractivity contribution in [3.63, 3.8) is 0 Å². The van der Waals surface area contributed by atoms with Crippen LogP contribution in [0.15, 0.2) is 18.6 Å². The minimum atomic E-state index is -0.0896. The van der Waals surface area contributed by atoms with Gasteiger partial charge in [0.2, 0.25) is 0 Å². The Morgan fingerprint density at radius 2 is 2.18 bits per heavy atom. The van der Waals surface area contributed by atoms with Gasteiger partial charge in [-0.05, 0) is 31.6 Å². The minimum Gasteiger partial charge on any atom is -0.382 e. The molecule has 1 saturated carbocycles. The highest BCUT2D eigenvalue weighted by molar-refractivity contribution is 5.94. The fourth-order valence-electron chi connectivity index (χ4n) is 2.96. The number of nitrogens with zero attached hydrogens (tertiary/aromatic N) is 4. The van der Waals surface area contributed by atoms with E-state index in [-0.39, 0.29) is 11.9 Å². The molecule has 112 valence electrons. The van der Waals surface area contributed by atoms with E-state index in [9.17, 15) is 4.79 Å². The van der Waals surface area contributed by atoms with Crippen molar-refractivity contribution in [1.29, 1.82) is 0 Å². The molecule has 1 aliphatic heterocycles. The second-order valence-corrected chi connectivity index (χ2v) is 5.88. The Kier molecular flexibility index (Phi) is 3.00. The first-order valence-electron chi connectivity index (χ1n) is 7.63. The zero-order chi connectivity index (χ0) is 15.1. The molecule has 1 amide bonds. The summed E-state index contributed by atoms with van der Waals surface area (Å²) in [5, 5.41) is 0. The second kappa shape index (κ2) is 5.02. The summed E-state index contributed by atoms with van der Waals surface area (Å²) < 4.78 is 1.92. The molecule has 1 atom stereocenters. The summed E-state index contributed by atoms with van der Waals surface area (Å²) in [5.41, 5.74) is 6.65. The molecule has 2 fully saturated rings. The lowest BCUT2D eigenvalue weighted by Crippen LogP contribution is -2.30. The number of aromatic nitrogens is 3. The summed E-state index contributed by atoms with van der Waals surface area (Å²) in [5.74, 6) is 7.48. The van der Waals surface area contributed by atoms with Gasteiger partial charge < -0.3 is 10.6 Å². The molecule has 22 heavy (non-hydrogen) atoms. The van der Waals surface area contributed by atoms with E-state index in [2.05, 4.69) is 21.8 Å². The van der Waals surface area contributed by atoms with Crippen LogP contribution in [0.4, 0.5) is 5.82 Å². The number of carbonyl (C=O) groups is 1. The van der Waals surface area contributed by atoms with Crippen LogP contribution in [-0.4, -0.2) is 31.7 Å². The standard InChI is InChI=1S/C16H17N5O/c17-15-13-10-19-16(21(13)9-7-18-15)12-2-1-8-20(12)14(22)6-5-11-3-4-11/h7,9-12H,1-4,8H2,(H2,17,18). The molecular formula is C16H17N5O. The minimum absolute atomic E-state index is 0.0368. The molecule has 1 aliphatic carbocycles. The summed E-state index contributed by atoms with van der Waals surface area (Å²) in [6.07, 6.45) is 9.33. The molecule has 2 aromatic rings. The monoisotopic (exact) mass is 295 g/mol. The Morgan fingerprint density at radius 1 is 1.32 bits per heavy atom. The first kappa shape index (κ1) is 13.1. The average Bonchev–Trinajstić information content (AvgIpc) is 3.04. The van der Waals surface area contributed by atoms with Gasteiger partial charge in [0.1, 0.15) is 17.2 Å². The number of anilines is 1. The smallest absolute Gasteiger partial charge is 0.299 e. The first-order valence-corrected chi connectivity index (χ1v) is 7.63. The number of hydrogen-bond acceptors (Lipinski definition) is 4. The number of likely N-dealkylation sites (tertiary alicyclic amines) is 1. The van der Waals surface area contributed by atoms with Gasteiger partial charge in [0.05, 0.1) is 12.2 Å². The second-order valence-electron chi connectivity index (χ2n) is 5.88. The van der Waals surface area contributed by atoms with Crippen LogP contribution in [0.25, 0.3) is 5.52 Å². The number of fused-ring (bicyclic) bond motifs is 1. The van der Waals surface area contributed by atoms with Gasteiger partial charge in [-0.1, -0.05) is 5.92 Å². The van der Waals surface area contributed by atoms with Crippen LogP contribution in [0.2, 0.25) is 0 Å². The van der Waals surface area contributed by atoms with Crippen LogP contribution in [0.5, 0.6) is 0 Å². The van der Waals surface area contributed by atoms with Gasteiger partial charge in [-0.15, -0.1) is 0 Å². The molecular weight excluding hydrogens is 278 g/mol. The number of nitrogen functional groups attached to an aromatic ring is 1. The zero-order valence-corrected chi connectivity index (χ0v) is 12.2. The average molecular weight is 295 g/mol. The quantitative estimate of drug-likeness (QED) is 0.807. The molecule has 2 N–H and O–H groups in total. The summed E-state index contributed by atoms with van der Waals surface area (Å²) in [6.45, 7) is 0.734. The van der Waals surface area contributed by atoms with E-state index < -0.39 is 0 Å². The van der Waals surface area contributed by atoms with Crippen LogP contribution in [0, 0.1) is 17.8 Å². The van der Waals surface area contributed by atoms with E-state index in [1.54, 1.807) is 12.4 Å². The molecule has 6 heteroatoms. The van der Waals surface area contributed by atoms with Crippen molar-refractivity contribution < 1.29 is 4.79 Å². The normalized spacial score (nSPS) is 20.9. The molecule has 2 aliphatic rings. The third-order valence-corrected chi connectivity index (χ3v) is 4.29. The molecule has 0 aromatic carbocycles. The summed E-state index contributed by atoms with van der Waals surface area (Å²) in [7, 11) is 0. The lowest BCUT2D eigenvalue weighted by atomic mass is 10.2. The lowest BCUT2D eigenvalue weighted by Gasteiger charge is -2.21. The third kappa shape index (κ3) is 2.19. The Bertz CT molecular complexity index is 796. The van der Waals surface area contributed by atoms with E-state index in [1.807, 2.05) is 15.5 Å². The molecule has 1 unspecified atom stereocenters. The zero-order valence-electron chi connectivity index (χ0n) is 12.2. The fourth-order valence-corrected chi connectivity index (χ4v) is 2.96. The predicted octanol–water partition coefficient (Wildman–Crippen LogP) is 1.39. The Morgan fingerprint density at radius 3 is 3.00 bits per heavy atom. The molecule has 4 rings (SSSR count). The van der Waals surface area contributed by atoms with Crippen LogP contribution >= 0.6 is 0 Å². The molecule has 2 aromatic heterocycles. The summed E-state index contributed by atoms with van der Waals surface area (Å²) in [4.78, 5) is 22.7. The number of imidazole rings is 1. The van der Waals surface area contributed by atoms with Gasteiger partial charge in [0, 0.05) is 24.9 Å². The number of amides is 1. The van der Waals surface area contributed by atoms with E-state index in [0.717, 1.165) is 43.6 Å². The SMILES string of the molecule is Nc1nccn2c(C3CCCN3C(=O)C#CC3CC3)ncc12. The van der Waals surface area contributed by atoms with E-state index >= 15 is 0 Å². The maximum Gasteiger partial charge on any atom is 0.299 e. The van der Waals surface area contributed by atoms with Crippen molar-refractivity contribution in [1.82, 2.24) is 19.3 Å². The highest BCUT2D eigenvalue weighted by Crippen LogP contribution is 2.32. The van der Waals surface area contributed by atoms with Gasteiger partial charge in [0.15, 0.2) is 0 Å². The predicted molar refractivity (Wildman–Crippen MR) is 81.6 cm³/mol. The van der Waals surface area contributed by atoms with Crippen molar-refractivity contribution in [2.24, 2.45) is 5.92 Å². The number of nitrogens with two attached hydrogens (primary N) is 1. The van der Waals surface area contributed by atoms with Crippen molar-refractivity contribution in [2.45, 2.75) is 31.7 Å². The van der Waals surface area contributed by atoms with E-state index in [1.165, 1.54) is 0 Å². The molecule has 0 spiro atoms. The molecule has 1 saturated heterocycles. The molecule has 0 radical (unpaired) electrons. The molecule has 3 heterocycles. The number of carbonyl (C=O) groups excluding carboxylic acids is 1. The van der Waals surface area contributed by atoms with Crippen molar-refractivity contribution in [3.8, 4) is 11.8 Å². The Labute approximate surface area is 128 Å². The Balaban J connectivity index is 1.66. The summed E-state index contributed by atoms with van der Waals surface area (Å²) in [6, 6.07) is -0.0368. The topological polar surface area (TPSA) is 76.5 Å². The highest BCUT2D eigenvalue weighted by atomic mass is 16.2. The van der Waals surface area contributed by atoms with E-state index in [4.69, 9.17) is 5.73 Å². The fraction of sp³-hybridized carbons (Fsp3) is 0.438. The van der Waals surface area contributed by atoms with Crippen LogP contribution in [0.3, 0.4) is 0 Å². The lowest BCUT2D eigenvalue weighted by molar-refractivity contribution is -0.126. The number of rotatable bonds is 1.